The molecule has 17 heavy (non-hydrogen) atoms. The predicted molar refractivity (Wildman–Crippen MR) is 68.5 cm³/mol. The molecule has 0 aliphatic carbocycles. The van der Waals surface area contributed by atoms with Crippen LogP contribution in [0.25, 0.3) is 0 Å². The lowest BCUT2D eigenvalue weighted by Crippen LogP contribution is -2.47. The number of hydrogen-bond acceptors (Lipinski definition) is 4. The topological polar surface area (TPSA) is 69.4 Å². The molecule has 1 fully saturated rings. The average molecular weight is 320 g/mol. The van der Waals surface area contributed by atoms with Crippen molar-refractivity contribution in [2.45, 2.75) is 22.6 Å². The summed E-state index contributed by atoms with van der Waals surface area (Å²) in [6, 6.07) is 6.41. The molecule has 0 amide bonds. The molecule has 2 atom stereocenters. The van der Waals surface area contributed by atoms with Crippen LogP contribution < -0.4 is 5.73 Å². The van der Waals surface area contributed by atoms with Gasteiger partial charge in [-0.05, 0) is 34.5 Å². The fourth-order valence-corrected chi connectivity index (χ4v) is 4.65. The SMILES string of the molecule is NC1CCOCC1S(=O)(=O)c1ccccc1Br. The first-order chi connectivity index (χ1) is 8.03. The summed E-state index contributed by atoms with van der Waals surface area (Å²) in [5, 5.41) is -0.657. The first-order valence-corrected chi connectivity index (χ1v) is 7.69. The van der Waals surface area contributed by atoms with Crippen LogP contribution in [0, 0.1) is 0 Å². The van der Waals surface area contributed by atoms with Crippen LogP contribution in [0.4, 0.5) is 0 Å². The maximum atomic E-state index is 12.4. The van der Waals surface area contributed by atoms with Crippen molar-refractivity contribution >= 4 is 25.8 Å². The van der Waals surface area contributed by atoms with E-state index in [0.717, 1.165) is 0 Å². The minimum absolute atomic E-state index is 0.171. The molecule has 1 heterocycles. The summed E-state index contributed by atoms with van der Waals surface area (Å²) >= 11 is 3.26. The monoisotopic (exact) mass is 319 g/mol. The number of hydrogen-bond donors (Lipinski definition) is 1. The number of benzene rings is 1. The molecule has 2 rings (SSSR count). The van der Waals surface area contributed by atoms with Crippen molar-refractivity contribution in [3.63, 3.8) is 0 Å². The van der Waals surface area contributed by atoms with Gasteiger partial charge in [-0.25, -0.2) is 8.42 Å². The molecule has 0 spiro atoms. The fourth-order valence-electron chi connectivity index (χ4n) is 1.89. The highest BCUT2D eigenvalue weighted by Gasteiger charge is 2.36. The predicted octanol–water partition coefficient (Wildman–Crippen LogP) is 1.34. The molecular formula is C11H14BrNO3S. The van der Waals surface area contributed by atoms with E-state index >= 15 is 0 Å². The Morgan fingerprint density at radius 2 is 2.06 bits per heavy atom. The van der Waals surface area contributed by atoms with E-state index in [1.54, 1.807) is 24.3 Å². The largest absolute Gasteiger partial charge is 0.380 e. The molecule has 1 saturated heterocycles. The molecule has 2 unspecified atom stereocenters. The minimum atomic E-state index is -3.44. The molecule has 2 N–H and O–H groups in total. The molecular weight excluding hydrogens is 306 g/mol. The summed E-state index contributed by atoms with van der Waals surface area (Å²) in [5.41, 5.74) is 5.88. The minimum Gasteiger partial charge on any atom is -0.380 e. The summed E-state index contributed by atoms with van der Waals surface area (Å²) < 4.78 is 30.7. The van der Waals surface area contributed by atoms with Crippen LogP contribution in [-0.2, 0) is 14.6 Å². The molecule has 1 aromatic rings. The van der Waals surface area contributed by atoms with Gasteiger partial charge in [0.1, 0.15) is 5.25 Å². The lowest BCUT2D eigenvalue weighted by molar-refractivity contribution is 0.0891. The van der Waals surface area contributed by atoms with Crippen LogP contribution in [0.5, 0.6) is 0 Å². The summed E-state index contributed by atoms with van der Waals surface area (Å²) in [4.78, 5) is 0.283. The molecule has 0 saturated carbocycles. The van der Waals surface area contributed by atoms with Crippen LogP contribution in [0.15, 0.2) is 33.6 Å². The highest BCUT2D eigenvalue weighted by molar-refractivity contribution is 9.10. The van der Waals surface area contributed by atoms with Crippen molar-refractivity contribution in [1.82, 2.24) is 0 Å². The van der Waals surface area contributed by atoms with Gasteiger partial charge < -0.3 is 10.5 Å². The number of ether oxygens (including phenoxy) is 1. The normalized spacial score (nSPS) is 25.8. The van der Waals surface area contributed by atoms with Crippen molar-refractivity contribution in [3.8, 4) is 0 Å². The van der Waals surface area contributed by atoms with Gasteiger partial charge in [0.15, 0.2) is 9.84 Å². The van der Waals surface area contributed by atoms with Gasteiger partial charge in [-0.2, -0.15) is 0 Å². The average Bonchev–Trinajstić information content (AvgIpc) is 2.29. The molecule has 94 valence electrons. The third-order valence-corrected chi connectivity index (χ3v) is 6.10. The van der Waals surface area contributed by atoms with Crippen LogP contribution in [0.1, 0.15) is 6.42 Å². The highest BCUT2D eigenvalue weighted by atomic mass is 79.9. The Hall–Kier alpha value is -0.430. The Morgan fingerprint density at radius 3 is 2.71 bits per heavy atom. The second kappa shape index (κ2) is 5.06. The molecule has 6 heteroatoms. The first kappa shape index (κ1) is 13.0. The van der Waals surface area contributed by atoms with Crippen molar-refractivity contribution in [3.05, 3.63) is 28.7 Å². The van der Waals surface area contributed by atoms with Crippen molar-refractivity contribution in [2.24, 2.45) is 5.73 Å². The quantitative estimate of drug-likeness (QED) is 0.893. The summed E-state index contributed by atoms with van der Waals surface area (Å²) in [7, 11) is -3.44. The summed E-state index contributed by atoms with van der Waals surface area (Å²) in [5.74, 6) is 0. The van der Waals surface area contributed by atoms with Gasteiger partial charge in [-0.1, -0.05) is 12.1 Å². The standard InChI is InChI=1S/C11H14BrNO3S/c12-8-3-1-2-4-10(8)17(14,15)11-7-16-6-5-9(11)13/h1-4,9,11H,5-7,13H2. The summed E-state index contributed by atoms with van der Waals surface area (Å²) in [6.07, 6.45) is 0.578. The van der Waals surface area contributed by atoms with E-state index in [1.807, 2.05) is 0 Å². The zero-order chi connectivity index (χ0) is 12.5. The second-order valence-corrected chi connectivity index (χ2v) is 7.03. The van der Waals surface area contributed by atoms with Gasteiger partial charge in [-0.15, -0.1) is 0 Å². The van der Waals surface area contributed by atoms with E-state index in [1.165, 1.54) is 0 Å². The molecule has 1 aromatic carbocycles. The van der Waals surface area contributed by atoms with Gasteiger partial charge in [0, 0.05) is 17.1 Å². The molecule has 0 bridgehead atoms. The number of sulfone groups is 1. The number of rotatable bonds is 2. The molecule has 1 aliphatic rings. The van der Waals surface area contributed by atoms with Gasteiger partial charge in [0.25, 0.3) is 0 Å². The summed E-state index contributed by atoms with van der Waals surface area (Å²) in [6.45, 7) is 0.702. The Balaban J connectivity index is 2.39. The van der Waals surface area contributed by atoms with Gasteiger partial charge in [0.05, 0.1) is 11.5 Å². The van der Waals surface area contributed by atoms with Crippen molar-refractivity contribution < 1.29 is 13.2 Å². The van der Waals surface area contributed by atoms with E-state index in [9.17, 15) is 8.42 Å². The van der Waals surface area contributed by atoms with Crippen LogP contribution in [0.2, 0.25) is 0 Å². The zero-order valence-corrected chi connectivity index (χ0v) is 11.6. The van der Waals surface area contributed by atoms with Gasteiger partial charge in [-0.3, -0.25) is 0 Å². The lowest BCUT2D eigenvalue weighted by atomic mass is 10.1. The fraction of sp³-hybridized carbons (Fsp3) is 0.455. The number of nitrogens with two attached hydrogens (primary N) is 1. The van der Waals surface area contributed by atoms with Crippen molar-refractivity contribution in [1.29, 1.82) is 0 Å². The Labute approximate surface area is 109 Å². The van der Waals surface area contributed by atoms with E-state index in [2.05, 4.69) is 15.9 Å². The van der Waals surface area contributed by atoms with Crippen LogP contribution in [0.3, 0.4) is 0 Å². The zero-order valence-electron chi connectivity index (χ0n) is 9.17. The molecule has 0 aromatic heterocycles. The van der Waals surface area contributed by atoms with E-state index in [0.29, 0.717) is 17.5 Å². The van der Waals surface area contributed by atoms with E-state index < -0.39 is 15.1 Å². The van der Waals surface area contributed by atoms with E-state index in [4.69, 9.17) is 10.5 Å². The molecule has 0 radical (unpaired) electrons. The van der Waals surface area contributed by atoms with Gasteiger partial charge in [0.2, 0.25) is 0 Å². The third-order valence-electron chi connectivity index (χ3n) is 2.90. The lowest BCUT2D eigenvalue weighted by Gasteiger charge is -2.28. The van der Waals surface area contributed by atoms with Gasteiger partial charge >= 0.3 is 0 Å². The maximum Gasteiger partial charge on any atom is 0.186 e. The smallest absolute Gasteiger partial charge is 0.186 e. The Morgan fingerprint density at radius 1 is 1.35 bits per heavy atom. The van der Waals surface area contributed by atoms with E-state index in [-0.39, 0.29) is 17.5 Å². The highest BCUT2D eigenvalue weighted by Crippen LogP contribution is 2.27. The second-order valence-electron chi connectivity index (χ2n) is 4.04. The third kappa shape index (κ3) is 2.54. The Kier molecular flexibility index (Phi) is 3.87. The first-order valence-electron chi connectivity index (χ1n) is 5.35. The molecule has 4 nitrogen and oxygen atoms in total. The Bertz CT molecular complexity index is 503. The molecule has 1 aliphatic heterocycles. The van der Waals surface area contributed by atoms with Crippen LogP contribution in [-0.4, -0.2) is 32.9 Å². The maximum absolute atomic E-state index is 12.4. The van der Waals surface area contributed by atoms with Crippen LogP contribution >= 0.6 is 15.9 Å². The number of halogens is 1. The van der Waals surface area contributed by atoms with Crippen molar-refractivity contribution in [2.75, 3.05) is 13.2 Å².